The van der Waals surface area contributed by atoms with Crippen molar-refractivity contribution in [1.82, 2.24) is 0 Å². The average Bonchev–Trinajstić information content (AvgIpc) is 2.48. The van der Waals surface area contributed by atoms with Crippen LogP contribution in [0.5, 0.6) is 11.5 Å². The predicted molar refractivity (Wildman–Crippen MR) is 80.0 cm³/mol. The summed E-state index contributed by atoms with van der Waals surface area (Å²) < 4.78 is 11.3. The Morgan fingerprint density at radius 3 is 2.85 bits per heavy atom. The minimum Gasteiger partial charge on any atom is -0.493 e. The van der Waals surface area contributed by atoms with E-state index in [4.69, 9.17) is 14.6 Å². The fourth-order valence-electron chi connectivity index (χ4n) is 2.18. The second kappa shape index (κ2) is 6.88. The van der Waals surface area contributed by atoms with E-state index < -0.39 is 11.9 Å². The first-order chi connectivity index (χ1) is 9.61. The Morgan fingerprint density at radius 2 is 2.25 bits per heavy atom. The van der Waals surface area contributed by atoms with Crippen molar-refractivity contribution < 1.29 is 19.4 Å². The Labute approximate surface area is 123 Å². The summed E-state index contributed by atoms with van der Waals surface area (Å²) in [4.78, 5) is 11.0. The molecule has 110 valence electrons. The summed E-state index contributed by atoms with van der Waals surface area (Å²) in [6, 6.07) is 5.36. The molecule has 0 bridgehead atoms. The second-order valence-corrected chi connectivity index (χ2v) is 6.08. The lowest BCUT2D eigenvalue weighted by Gasteiger charge is -2.24. The summed E-state index contributed by atoms with van der Waals surface area (Å²) in [5.74, 6) is 2.10. The zero-order valence-electron chi connectivity index (χ0n) is 11.8. The minimum absolute atomic E-state index is 0.213. The molecule has 0 saturated carbocycles. The number of thioether (sulfide) groups is 1. The van der Waals surface area contributed by atoms with Crippen molar-refractivity contribution in [2.45, 2.75) is 31.8 Å². The maximum absolute atomic E-state index is 11.0. The number of methoxy groups -OCH3 is 1. The van der Waals surface area contributed by atoms with Crippen LogP contribution in [0.1, 0.15) is 31.2 Å². The maximum atomic E-state index is 11.0. The van der Waals surface area contributed by atoms with Crippen molar-refractivity contribution in [2.75, 3.05) is 18.6 Å². The van der Waals surface area contributed by atoms with Gasteiger partial charge >= 0.3 is 5.97 Å². The normalized spacial score (nSPS) is 20.2. The molecule has 1 aromatic rings. The van der Waals surface area contributed by atoms with E-state index in [9.17, 15) is 4.79 Å². The average molecular weight is 296 g/mol. The van der Waals surface area contributed by atoms with Crippen LogP contribution < -0.4 is 9.47 Å². The molecular weight excluding hydrogens is 276 g/mol. The maximum Gasteiger partial charge on any atom is 0.310 e. The molecule has 0 amide bonds. The molecule has 0 spiro atoms. The molecule has 0 aromatic heterocycles. The van der Waals surface area contributed by atoms with Gasteiger partial charge in [-0.1, -0.05) is 6.07 Å². The van der Waals surface area contributed by atoms with Crippen LogP contribution in [0.4, 0.5) is 0 Å². The Morgan fingerprint density at radius 1 is 1.45 bits per heavy atom. The zero-order valence-corrected chi connectivity index (χ0v) is 12.6. The van der Waals surface area contributed by atoms with Crippen molar-refractivity contribution in [3.05, 3.63) is 23.8 Å². The van der Waals surface area contributed by atoms with Gasteiger partial charge in [0.15, 0.2) is 11.5 Å². The van der Waals surface area contributed by atoms with Crippen molar-refractivity contribution in [3.8, 4) is 11.5 Å². The van der Waals surface area contributed by atoms with Gasteiger partial charge in [0.1, 0.15) is 6.10 Å². The largest absolute Gasteiger partial charge is 0.493 e. The lowest BCUT2D eigenvalue weighted by atomic mass is 10.0. The first-order valence-electron chi connectivity index (χ1n) is 6.77. The molecule has 1 heterocycles. The Balaban J connectivity index is 2.14. The quantitative estimate of drug-likeness (QED) is 0.904. The number of ether oxygens (including phenoxy) is 2. The Kier molecular flexibility index (Phi) is 5.17. The Bertz CT molecular complexity index is 469. The van der Waals surface area contributed by atoms with E-state index in [1.54, 1.807) is 26.2 Å². The third kappa shape index (κ3) is 3.60. The van der Waals surface area contributed by atoms with Crippen molar-refractivity contribution >= 4 is 17.7 Å². The van der Waals surface area contributed by atoms with Gasteiger partial charge in [0.05, 0.1) is 13.0 Å². The van der Waals surface area contributed by atoms with Crippen LogP contribution in [0.3, 0.4) is 0 Å². The highest BCUT2D eigenvalue weighted by Gasteiger charge is 2.19. The van der Waals surface area contributed by atoms with Gasteiger partial charge in [-0.2, -0.15) is 11.8 Å². The van der Waals surface area contributed by atoms with E-state index in [0.29, 0.717) is 11.5 Å². The van der Waals surface area contributed by atoms with Gasteiger partial charge in [-0.15, -0.1) is 0 Å². The zero-order chi connectivity index (χ0) is 14.5. The number of benzene rings is 1. The first-order valence-corrected chi connectivity index (χ1v) is 7.92. The number of hydrogen-bond donors (Lipinski definition) is 1. The molecule has 1 aliphatic heterocycles. The monoisotopic (exact) mass is 296 g/mol. The van der Waals surface area contributed by atoms with E-state index in [1.165, 1.54) is 12.2 Å². The molecule has 20 heavy (non-hydrogen) atoms. The molecule has 2 atom stereocenters. The number of rotatable bonds is 5. The number of hydrogen-bond acceptors (Lipinski definition) is 4. The fraction of sp³-hybridized carbons (Fsp3) is 0.533. The van der Waals surface area contributed by atoms with Crippen LogP contribution in [-0.4, -0.2) is 35.8 Å². The summed E-state index contributed by atoms with van der Waals surface area (Å²) >= 11 is 1.90. The van der Waals surface area contributed by atoms with Crippen molar-refractivity contribution in [3.63, 3.8) is 0 Å². The van der Waals surface area contributed by atoms with E-state index in [2.05, 4.69) is 0 Å². The molecule has 0 aliphatic carbocycles. The molecule has 0 radical (unpaired) electrons. The van der Waals surface area contributed by atoms with Crippen LogP contribution in [0.2, 0.25) is 0 Å². The first kappa shape index (κ1) is 15.0. The van der Waals surface area contributed by atoms with E-state index in [1.807, 2.05) is 17.8 Å². The number of carbonyl (C=O) groups is 1. The van der Waals surface area contributed by atoms with Crippen molar-refractivity contribution in [2.24, 2.45) is 0 Å². The summed E-state index contributed by atoms with van der Waals surface area (Å²) in [5.41, 5.74) is 0.722. The molecular formula is C15H20O4S. The second-order valence-electron chi connectivity index (χ2n) is 4.93. The predicted octanol–water partition coefficient (Wildman–Crippen LogP) is 3.16. The molecule has 1 aromatic carbocycles. The van der Waals surface area contributed by atoms with Crippen LogP contribution >= 0.6 is 11.8 Å². The van der Waals surface area contributed by atoms with Crippen LogP contribution in [0.25, 0.3) is 0 Å². The summed E-state index contributed by atoms with van der Waals surface area (Å²) in [6.45, 7) is 1.66. The van der Waals surface area contributed by atoms with E-state index in [-0.39, 0.29) is 6.10 Å². The Hall–Kier alpha value is -1.36. The van der Waals surface area contributed by atoms with Gasteiger partial charge in [0.2, 0.25) is 0 Å². The van der Waals surface area contributed by atoms with Gasteiger partial charge in [0, 0.05) is 5.75 Å². The van der Waals surface area contributed by atoms with Crippen LogP contribution in [0.15, 0.2) is 18.2 Å². The van der Waals surface area contributed by atoms with E-state index in [0.717, 1.165) is 17.7 Å². The molecule has 1 aliphatic rings. The SMILES string of the molecule is COc1cc(C(C)C(=O)O)ccc1OC1CCCSC1. The summed E-state index contributed by atoms with van der Waals surface area (Å²) in [6.07, 6.45) is 2.44. The molecule has 1 fully saturated rings. The molecule has 1 N–H and O–H groups in total. The molecule has 4 nitrogen and oxygen atoms in total. The molecule has 1 saturated heterocycles. The van der Waals surface area contributed by atoms with Crippen molar-refractivity contribution in [1.29, 1.82) is 0 Å². The lowest BCUT2D eigenvalue weighted by molar-refractivity contribution is -0.138. The highest BCUT2D eigenvalue weighted by atomic mass is 32.2. The summed E-state index contributed by atoms with van der Waals surface area (Å²) in [7, 11) is 1.58. The standard InChI is InChI=1S/C15H20O4S/c1-10(15(16)17)11-5-6-13(14(8-11)18-2)19-12-4-3-7-20-9-12/h5-6,8,10,12H,3-4,7,9H2,1-2H3,(H,16,17). The number of carboxylic acid groups (broad SMARTS) is 1. The van der Waals surface area contributed by atoms with Gasteiger partial charge in [-0.05, 0) is 43.2 Å². The van der Waals surface area contributed by atoms with E-state index >= 15 is 0 Å². The highest BCUT2D eigenvalue weighted by Crippen LogP contribution is 2.33. The third-order valence-corrected chi connectivity index (χ3v) is 4.66. The van der Waals surface area contributed by atoms with Gasteiger partial charge in [-0.25, -0.2) is 0 Å². The lowest BCUT2D eigenvalue weighted by Crippen LogP contribution is -2.23. The fourth-order valence-corrected chi connectivity index (χ4v) is 3.21. The topological polar surface area (TPSA) is 55.8 Å². The highest BCUT2D eigenvalue weighted by molar-refractivity contribution is 7.99. The molecule has 2 unspecified atom stereocenters. The smallest absolute Gasteiger partial charge is 0.310 e. The van der Waals surface area contributed by atoms with Gasteiger partial charge < -0.3 is 14.6 Å². The van der Waals surface area contributed by atoms with Gasteiger partial charge in [0.25, 0.3) is 0 Å². The third-order valence-electron chi connectivity index (χ3n) is 3.47. The van der Waals surface area contributed by atoms with Gasteiger partial charge in [-0.3, -0.25) is 4.79 Å². The molecule has 2 rings (SSSR count). The minimum atomic E-state index is -0.843. The molecule has 5 heteroatoms. The van der Waals surface area contributed by atoms with Crippen LogP contribution in [-0.2, 0) is 4.79 Å². The van der Waals surface area contributed by atoms with Crippen LogP contribution in [0, 0.1) is 0 Å². The number of aliphatic carboxylic acids is 1. The summed E-state index contributed by atoms with van der Waals surface area (Å²) in [5, 5.41) is 9.05. The number of carboxylic acids is 1.